The van der Waals surface area contributed by atoms with E-state index in [-0.39, 0.29) is 5.60 Å². The lowest BCUT2D eigenvalue weighted by molar-refractivity contribution is -0.0414. The van der Waals surface area contributed by atoms with Crippen molar-refractivity contribution in [1.29, 1.82) is 0 Å². The van der Waals surface area contributed by atoms with Gasteiger partial charge in [0.1, 0.15) is 0 Å². The van der Waals surface area contributed by atoms with Gasteiger partial charge in [0.05, 0.1) is 11.7 Å². The van der Waals surface area contributed by atoms with Crippen molar-refractivity contribution in [1.82, 2.24) is 0 Å². The number of hydrogen-bond acceptors (Lipinski definition) is 1. The van der Waals surface area contributed by atoms with Gasteiger partial charge in [-0.1, -0.05) is 11.6 Å². The average molecular weight is 140 g/mol. The fraction of sp³-hybridized carbons (Fsp3) is 0.778. The van der Waals surface area contributed by atoms with Gasteiger partial charge in [-0.25, -0.2) is 0 Å². The van der Waals surface area contributed by atoms with Crippen LogP contribution in [0.2, 0.25) is 0 Å². The molecular weight excluding hydrogens is 124 g/mol. The van der Waals surface area contributed by atoms with Gasteiger partial charge in [-0.05, 0) is 34.1 Å². The van der Waals surface area contributed by atoms with Crippen LogP contribution in [0.1, 0.15) is 34.1 Å². The zero-order valence-corrected chi connectivity index (χ0v) is 7.27. The lowest BCUT2D eigenvalue weighted by Gasteiger charge is -2.31. The first-order chi connectivity index (χ1) is 4.49. The minimum Gasteiger partial charge on any atom is -0.368 e. The second-order valence-corrected chi connectivity index (χ2v) is 3.73. The van der Waals surface area contributed by atoms with Crippen LogP contribution in [0.3, 0.4) is 0 Å². The Balaban J connectivity index is 2.74. The summed E-state index contributed by atoms with van der Waals surface area (Å²) in [5.41, 5.74) is 1.41. The van der Waals surface area contributed by atoms with Gasteiger partial charge >= 0.3 is 0 Å². The van der Waals surface area contributed by atoms with E-state index in [2.05, 4.69) is 33.8 Å². The van der Waals surface area contributed by atoms with Gasteiger partial charge in [0.2, 0.25) is 0 Å². The Morgan fingerprint density at radius 3 is 2.60 bits per heavy atom. The monoisotopic (exact) mass is 140 g/mol. The fourth-order valence-electron chi connectivity index (χ4n) is 1.70. The van der Waals surface area contributed by atoms with Gasteiger partial charge in [-0.3, -0.25) is 0 Å². The molecule has 0 fully saturated rings. The normalized spacial score (nSPS) is 31.6. The van der Waals surface area contributed by atoms with Crippen molar-refractivity contribution in [2.24, 2.45) is 0 Å². The van der Waals surface area contributed by atoms with Crippen LogP contribution in [0.25, 0.3) is 0 Å². The maximum atomic E-state index is 5.67. The summed E-state index contributed by atoms with van der Waals surface area (Å²) in [7, 11) is 0. The molecule has 0 N–H and O–H groups in total. The Bertz CT molecular complexity index is 156. The Morgan fingerprint density at radius 1 is 1.60 bits per heavy atom. The molecule has 0 aromatic carbocycles. The zero-order chi connectivity index (χ0) is 7.78. The van der Waals surface area contributed by atoms with E-state index in [4.69, 9.17) is 4.74 Å². The van der Waals surface area contributed by atoms with Crippen LogP contribution in [-0.2, 0) is 4.74 Å². The topological polar surface area (TPSA) is 9.23 Å². The van der Waals surface area contributed by atoms with Crippen LogP contribution < -0.4 is 0 Å². The summed E-state index contributed by atoms with van der Waals surface area (Å²) in [4.78, 5) is 0. The number of ether oxygens (including phenoxy) is 1. The third-order valence-corrected chi connectivity index (χ3v) is 1.71. The van der Waals surface area contributed by atoms with Gasteiger partial charge in [-0.2, -0.15) is 0 Å². The zero-order valence-electron chi connectivity index (χ0n) is 7.27. The molecule has 58 valence electrons. The highest BCUT2D eigenvalue weighted by atomic mass is 16.5. The molecule has 0 aliphatic carbocycles. The predicted molar refractivity (Wildman–Crippen MR) is 43.0 cm³/mol. The van der Waals surface area contributed by atoms with Crippen molar-refractivity contribution >= 4 is 0 Å². The maximum absolute atomic E-state index is 5.67. The smallest absolute Gasteiger partial charge is 0.0812 e. The minimum atomic E-state index is -0.0399. The Morgan fingerprint density at radius 2 is 2.20 bits per heavy atom. The third kappa shape index (κ3) is 1.84. The summed E-state index contributed by atoms with van der Waals surface area (Å²) in [5.74, 6) is 0. The SMILES string of the molecule is CC1=CC(C)(C)OC(C)C1. The van der Waals surface area contributed by atoms with Crippen molar-refractivity contribution in [3.05, 3.63) is 11.6 Å². The summed E-state index contributed by atoms with van der Waals surface area (Å²) >= 11 is 0. The first kappa shape index (κ1) is 7.80. The summed E-state index contributed by atoms with van der Waals surface area (Å²) in [5, 5.41) is 0. The molecule has 0 amide bonds. The van der Waals surface area contributed by atoms with E-state index in [0.29, 0.717) is 6.10 Å². The van der Waals surface area contributed by atoms with E-state index in [9.17, 15) is 0 Å². The molecule has 0 spiro atoms. The molecule has 1 nitrogen and oxygen atoms in total. The second-order valence-electron chi connectivity index (χ2n) is 3.73. The van der Waals surface area contributed by atoms with E-state index in [0.717, 1.165) is 6.42 Å². The average Bonchev–Trinajstić information content (AvgIpc) is 1.54. The van der Waals surface area contributed by atoms with Crippen molar-refractivity contribution in [2.75, 3.05) is 0 Å². The van der Waals surface area contributed by atoms with E-state index in [1.165, 1.54) is 5.57 Å². The van der Waals surface area contributed by atoms with Gasteiger partial charge < -0.3 is 4.74 Å². The molecule has 0 aromatic rings. The quantitative estimate of drug-likeness (QED) is 0.470. The molecule has 1 unspecified atom stereocenters. The largest absolute Gasteiger partial charge is 0.368 e. The van der Waals surface area contributed by atoms with Gasteiger partial charge in [0.15, 0.2) is 0 Å². The van der Waals surface area contributed by atoms with Crippen molar-refractivity contribution in [3.63, 3.8) is 0 Å². The van der Waals surface area contributed by atoms with Crippen LogP contribution >= 0.6 is 0 Å². The molecule has 1 aliphatic rings. The molecule has 1 rings (SSSR count). The van der Waals surface area contributed by atoms with E-state index in [1.807, 2.05) is 0 Å². The molecule has 1 aliphatic heterocycles. The first-order valence-electron chi connectivity index (χ1n) is 3.86. The molecule has 1 atom stereocenters. The van der Waals surface area contributed by atoms with E-state index in [1.54, 1.807) is 0 Å². The maximum Gasteiger partial charge on any atom is 0.0812 e. The molecule has 1 heteroatoms. The number of hydrogen-bond donors (Lipinski definition) is 0. The molecule has 0 aromatic heterocycles. The summed E-state index contributed by atoms with van der Waals surface area (Å²) < 4.78 is 5.67. The highest BCUT2D eigenvalue weighted by molar-refractivity contribution is 5.11. The van der Waals surface area contributed by atoms with E-state index < -0.39 is 0 Å². The Hall–Kier alpha value is -0.300. The Kier molecular flexibility index (Phi) is 1.86. The van der Waals surface area contributed by atoms with Gasteiger partial charge in [0, 0.05) is 0 Å². The van der Waals surface area contributed by atoms with Crippen LogP contribution in [0.4, 0.5) is 0 Å². The fourth-order valence-corrected chi connectivity index (χ4v) is 1.70. The van der Waals surface area contributed by atoms with Crippen LogP contribution in [0.15, 0.2) is 11.6 Å². The molecular formula is C9H16O. The highest BCUT2D eigenvalue weighted by Gasteiger charge is 2.23. The van der Waals surface area contributed by atoms with Gasteiger partial charge in [-0.15, -0.1) is 0 Å². The van der Waals surface area contributed by atoms with Gasteiger partial charge in [0.25, 0.3) is 0 Å². The molecule has 0 radical (unpaired) electrons. The molecule has 0 saturated carbocycles. The second kappa shape index (κ2) is 2.39. The minimum absolute atomic E-state index is 0.0399. The van der Waals surface area contributed by atoms with Crippen LogP contribution in [0, 0.1) is 0 Å². The molecule has 1 heterocycles. The summed E-state index contributed by atoms with van der Waals surface area (Å²) in [6.07, 6.45) is 3.68. The van der Waals surface area contributed by atoms with Crippen LogP contribution in [0.5, 0.6) is 0 Å². The number of rotatable bonds is 0. The lowest BCUT2D eigenvalue weighted by atomic mass is 9.98. The lowest BCUT2D eigenvalue weighted by Crippen LogP contribution is -2.31. The molecule has 0 saturated heterocycles. The summed E-state index contributed by atoms with van der Waals surface area (Å²) in [6, 6.07) is 0. The summed E-state index contributed by atoms with van der Waals surface area (Å²) in [6.45, 7) is 8.50. The predicted octanol–water partition coefficient (Wildman–Crippen LogP) is 2.52. The first-order valence-corrected chi connectivity index (χ1v) is 3.86. The Labute approximate surface area is 63.1 Å². The molecule has 0 bridgehead atoms. The van der Waals surface area contributed by atoms with E-state index >= 15 is 0 Å². The van der Waals surface area contributed by atoms with Crippen molar-refractivity contribution < 1.29 is 4.74 Å². The van der Waals surface area contributed by atoms with Crippen molar-refractivity contribution in [2.45, 2.75) is 45.8 Å². The van der Waals surface area contributed by atoms with Crippen molar-refractivity contribution in [3.8, 4) is 0 Å². The molecule has 10 heavy (non-hydrogen) atoms. The van der Waals surface area contributed by atoms with Crippen LogP contribution in [-0.4, -0.2) is 11.7 Å². The standard InChI is InChI=1S/C9H16O/c1-7-5-8(2)10-9(3,4)6-7/h6,8H,5H2,1-4H3. The third-order valence-electron chi connectivity index (χ3n) is 1.71. The highest BCUT2D eigenvalue weighted by Crippen LogP contribution is 2.25.